The quantitative estimate of drug-likeness (QED) is 0.762. The van der Waals surface area contributed by atoms with Crippen molar-refractivity contribution >= 4 is 10.9 Å². The third-order valence-corrected chi connectivity index (χ3v) is 2.97. The first-order chi connectivity index (χ1) is 9.70. The first-order valence-electron chi connectivity index (χ1n) is 5.90. The lowest BCUT2D eigenvalue weighted by atomic mass is 10.2. The number of ether oxygens (including phenoxy) is 1. The molecule has 2 aromatic heterocycles. The van der Waals surface area contributed by atoms with E-state index in [0.717, 1.165) is 0 Å². The second-order valence-corrected chi connectivity index (χ2v) is 4.15. The van der Waals surface area contributed by atoms with Gasteiger partial charge in [0.1, 0.15) is 17.6 Å². The first kappa shape index (κ1) is 12.2. The monoisotopic (exact) mass is 269 g/mol. The Labute approximate surface area is 113 Å². The predicted molar refractivity (Wildman–Crippen MR) is 73.4 cm³/mol. The molecule has 6 heteroatoms. The molecule has 20 heavy (non-hydrogen) atoms. The van der Waals surface area contributed by atoms with Crippen molar-refractivity contribution in [3.8, 4) is 17.3 Å². The number of phenols is 1. The van der Waals surface area contributed by atoms with Gasteiger partial charge in [-0.15, -0.1) is 0 Å². The van der Waals surface area contributed by atoms with Gasteiger partial charge in [-0.3, -0.25) is 9.36 Å². The van der Waals surface area contributed by atoms with Crippen molar-refractivity contribution in [3.63, 3.8) is 0 Å². The normalized spacial score (nSPS) is 10.7. The molecule has 0 radical (unpaired) electrons. The maximum absolute atomic E-state index is 12.4. The average molecular weight is 269 g/mol. The van der Waals surface area contributed by atoms with Gasteiger partial charge in [0, 0.05) is 6.07 Å². The number of nitrogens with zero attached hydrogens (tertiary/aromatic N) is 3. The summed E-state index contributed by atoms with van der Waals surface area (Å²) in [6, 6.07) is 8.10. The van der Waals surface area contributed by atoms with Gasteiger partial charge in [-0.25, -0.2) is 9.97 Å². The molecule has 1 aromatic carbocycles. The Morgan fingerprint density at radius 1 is 1.20 bits per heavy atom. The molecule has 100 valence electrons. The minimum Gasteiger partial charge on any atom is -0.506 e. The van der Waals surface area contributed by atoms with Gasteiger partial charge in [0.15, 0.2) is 0 Å². The lowest BCUT2D eigenvalue weighted by Gasteiger charge is -2.07. The molecule has 0 bridgehead atoms. The summed E-state index contributed by atoms with van der Waals surface area (Å²) in [4.78, 5) is 20.6. The minimum atomic E-state index is -0.266. The summed E-state index contributed by atoms with van der Waals surface area (Å²) in [7, 11) is 1.52. The second-order valence-electron chi connectivity index (χ2n) is 4.15. The van der Waals surface area contributed by atoms with Crippen LogP contribution in [0.25, 0.3) is 16.6 Å². The van der Waals surface area contributed by atoms with E-state index >= 15 is 0 Å². The molecule has 0 saturated carbocycles. The van der Waals surface area contributed by atoms with E-state index in [0.29, 0.717) is 17.0 Å². The molecule has 0 amide bonds. The zero-order valence-corrected chi connectivity index (χ0v) is 10.6. The molecule has 3 rings (SSSR count). The van der Waals surface area contributed by atoms with Crippen molar-refractivity contribution in [3.05, 3.63) is 53.2 Å². The summed E-state index contributed by atoms with van der Waals surface area (Å²) in [5.74, 6) is 0.452. The summed E-state index contributed by atoms with van der Waals surface area (Å²) in [6.07, 6.45) is 2.89. The molecular formula is C14H11N3O3. The minimum absolute atomic E-state index is 0.0143. The van der Waals surface area contributed by atoms with E-state index in [1.165, 1.54) is 30.3 Å². The Hall–Kier alpha value is -2.89. The number of fused-ring (bicyclic) bond motifs is 1. The topological polar surface area (TPSA) is 77.2 Å². The van der Waals surface area contributed by atoms with Crippen LogP contribution in [0.15, 0.2) is 47.7 Å². The molecule has 0 fully saturated rings. The Kier molecular flexibility index (Phi) is 2.83. The van der Waals surface area contributed by atoms with Crippen LogP contribution in [-0.4, -0.2) is 26.8 Å². The van der Waals surface area contributed by atoms with Crippen LogP contribution in [0.3, 0.4) is 0 Å². The molecule has 3 aromatic rings. The number of benzene rings is 1. The summed E-state index contributed by atoms with van der Waals surface area (Å²) in [6.45, 7) is 0. The SMILES string of the molecule is COc1ccc(-n2cnc3c(O)cccc3c2=O)cn1. The number of hydrogen-bond acceptors (Lipinski definition) is 5. The standard InChI is InChI=1S/C14H11N3O3/c1-20-12-6-5-9(7-15-12)17-8-16-13-10(14(17)19)3-2-4-11(13)18/h2-8,18H,1H3. The number of methoxy groups -OCH3 is 1. The van der Waals surface area contributed by atoms with Gasteiger partial charge in [-0.1, -0.05) is 6.07 Å². The number of phenolic OH excluding ortho intramolecular Hbond substituents is 1. The van der Waals surface area contributed by atoms with E-state index in [4.69, 9.17) is 4.74 Å². The van der Waals surface area contributed by atoms with Gasteiger partial charge in [0.25, 0.3) is 5.56 Å². The molecule has 6 nitrogen and oxygen atoms in total. The van der Waals surface area contributed by atoms with Crippen LogP contribution >= 0.6 is 0 Å². The molecule has 0 aliphatic rings. The number of para-hydroxylation sites is 1. The van der Waals surface area contributed by atoms with Crippen LogP contribution in [0.4, 0.5) is 0 Å². The molecule has 0 atom stereocenters. The molecule has 0 spiro atoms. The zero-order chi connectivity index (χ0) is 14.1. The van der Waals surface area contributed by atoms with Crippen molar-refractivity contribution in [2.75, 3.05) is 7.11 Å². The molecule has 1 N–H and O–H groups in total. The highest BCUT2D eigenvalue weighted by Gasteiger charge is 2.08. The fourth-order valence-corrected chi connectivity index (χ4v) is 1.96. The molecule has 2 heterocycles. The van der Waals surface area contributed by atoms with Gasteiger partial charge in [0.05, 0.1) is 24.4 Å². The van der Waals surface area contributed by atoms with Crippen LogP contribution in [-0.2, 0) is 0 Å². The Balaban J connectivity index is 2.21. The Morgan fingerprint density at radius 2 is 2.05 bits per heavy atom. The van der Waals surface area contributed by atoms with Crippen molar-refractivity contribution < 1.29 is 9.84 Å². The summed E-state index contributed by atoms with van der Waals surface area (Å²) in [5, 5.41) is 10.0. The first-order valence-corrected chi connectivity index (χ1v) is 5.90. The van der Waals surface area contributed by atoms with Crippen molar-refractivity contribution in [2.45, 2.75) is 0 Å². The fourth-order valence-electron chi connectivity index (χ4n) is 1.96. The van der Waals surface area contributed by atoms with Crippen LogP contribution in [0, 0.1) is 0 Å². The number of hydrogen-bond donors (Lipinski definition) is 1. The molecule has 0 saturated heterocycles. The smallest absolute Gasteiger partial charge is 0.265 e. The molecular weight excluding hydrogens is 258 g/mol. The van der Waals surface area contributed by atoms with Gasteiger partial charge in [0.2, 0.25) is 5.88 Å². The van der Waals surface area contributed by atoms with Crippen LogP contribution < -0.4 is 10.3 Å². The summed E-state index contributed by atoms with van der Waals surface area (Å²) >= 11 is 0. The lowest BCUT2D eigenvalue weighted by molar-refractivity contribution is 0.398. The van der Waals surface area contributed by atoms with Crippen LogP contribution in [0.2, 0.25) is 0 Å². The van der Waals surface area contributed by atoms with E-state index in [-0.39, 0.29) is 16.8 Å². The second kappa shape index (κ2) is 4.65. The van der Waals surface area contributed by atoms with Crippen LogP contribution in [0.5, 0.6) is 11.6 Å². The van der Waals surface area contributed by atoms with Crippen molar-refractivity contribution in [2.24, 2.45) is 0 Å². The fraction of sp³-hybridized carbons (Fsp3) is 0.0714. The third-order valence-electron chi connectivity index (χ3n) is 2.97. The maximum atomic E-state index is 12.4. The summed E-state index contributed by atoms with van der Waals surface area (Å²) < 4.78 is 6.34. The third kappa shape index (κ3) is 1.87. The largest absolute Gasteiger partial charge is 0.506 e. The number of rotatable bonds is 2. The molecule has 0 unspecified atom stereocenters. The lowest BCUT2D eigenvalue weighted by Crippen LogP contribution is -2.18. The summed E-state index contributed by atoms with van der Waals surface area (Å²) in [5.41, 5.74) is 0.599. The number of aromatic nitrogens is 3. The van der Waals surface area contributed by atoms with Crippen molar-refractivity contribution in [1.29, 1.82) is 0 Å². The predicted octanol–water partition coefficient (Wildman–Crippen LogP) is 1.49. The maximum Gasteiger partial charge on any atom is 0.265 e. The van der Waals surface area contributed by atoms with E-state index < -0.39 is 0 Å². The Bertz CT molecular complexity index is 825. The molecule has 0 aliphatic carbocycles. The van der Waals surface area contributed by atoms with Crippen molar-refractivity contribution in [1.82, 2.24) is 14.5 Å². The number of aromatic hydroxyl groups is 1. The Morgan fingerprint density at radius 3 is 2.75 bits per heavy atom. The van der Waals surface area contributed by atoms with Gasteiger partial charge < -0.3 is 9.84 Å². The van der Waals surface area contributed by atoms with E-state index in [9.17, 15) is 9.90 Å². The molecule has 0 aliphatic heterocycles. The van der Waals surface area contributed by atoms with E-state index in [2.05, 4.69) is 9.97 Å². The van der Waals surface area contributed by atoms with E-state index in [1.54, 1.807) is 24.3 Å². The van der Waals surface area contributed by atoms with E-state index in [1.807, 2.05) is 0 Å². The van der Waals surface area contributed by atoms with Gasteiger partial charge >= 0.3 is 0 Å². The highest BCUT2D eigenvalue weighted by molar-refractivity contribution is 5.83. The zero-order valence-electron chi connectivity index (χ0n) is 10.6. The number of pyridine rings is 1. The van der Waals surface area contributed by atoms with Gasteiger partial charge in [-0.05, 0) is 18.2 Å². The highest BCUT2D eigenvalue weighted by atomic mass is 16.5. The van der Waals surface area contributed by atoms with Crippen LogP contribution in [0.1, 0.15) is 0 Å². The van der Waals surface area contributed by atoms with Gasteiger partial charge in [-0.2, -0.15) is 0 Å². The average Bonchev–Trinajstić information content (AvgIpc) is 2.49. The highest BCUT2D eigenvalue weighted by Crippen LogP contribution is 2.19.